The van der Waals surface area contributed by atoms with Crippen molar-refractivity contribution in [2.75, 3.05) is 6.73 Å². The Bertz CT molecular complexity index is 358. The van der Waals surface area contributed by atoms with Crippen molar-refractivity contribution in [2.45, 2.75) is 20.1 Å². The molecule has 2 N–H and O–H groups in total. The Balaban J connectivity index is 0. The van der Waals surface area contributed by atoms with Gasteiger partial charge in [0.25, 0.3) is 0 Å². The normalized spacial score (nSPS) is 9.72. The summed E-state index contributed by atoms with van der Waals surface area (Å²) in [5, 5.41) is 10.1. The highest BCUT2D eigenvalue weighted by molar-refractivity contribution is 5.87. The maximum Gasteiger partial charge on any atom is 0.335 e. The van der Waals surface area contributed by atoms with E-state index in [0.717, 1.165) is 6.08 Å². The SMILES string of the molecule is C=C(C)C(=O)OC(C)N=C=O.C=CC(=O)NCO. The van der Waals surface area contributed by atoms with Gasteiger partial charge in [-0.15, -0.1) is 0 Å². The molecule has 0 fully saturated rings. The van der Waals surface area contributed by atoms with Crippen LogP contribution in [0.15, 0.2) is 29.8 Å². The molecule has 0 bridgehead atoms. The Morgan fingerprint density at radius 2 is 2.17 bits per heavy atom. The van der Waals surface area contributed by atoms with Crippen LogP contribution in [0, 0.1) is 0 Å². The van der Waals surface area contributed by atoms with Gasteiger partial charge in [0.15, 0.2) is 0 Å². The van der Waals surface area contributed by atoms with Crippen LogP contribution in [0.5, 0.6) is 0 Å². The van der Waals surface area contributed by atoms with E-state index >= 15 is 0 Å². The van der Waals surface area contributed by atoms with E-state index in [9.17, 15) is 14.4 Å². The first-order valence-electron chi connectivity index (χ1n) is 4.83. The van der Waals surface area contributed by atoms with Crippen LogP contribution < -0.4 is 5.32 Å². The van der Waals surface area contributed by atoms with Gasteiger partial charge in [-0.3, -0.25) is 4.79 Å². The van der Waals surface area contributed by atoms with Crippen LogP contribution >= 0.6 is 0 Å². The summed E-state index contributed by atoms with van der Waals surface area (Å²) in [7, 11) is 0. The number of rotatable bonds is 5. The lowest BCUT2D eigenvalue weighted by Gasteiger charge is -2.05. The number of aliphatic hydroxyl groups is 1. The van der Waals surface area contributed by atoms with Gasteiger partial charge in [0.05, 0.1) is 0 Å². The largest absolute Gasteiger partial charge is 0.436 e. The van der Waals surface area contributed by atoms with Crippen molar-refractivity contribution < 1.29 is 24.2 Å². The summed E-state index contributed by atoms with van der Waals surface area (Å²) in [6.45, 7) is 9.16. The number of nitrogens with zero attached hydrogens (tertiary/aromatic N) is 1. The summed E-state index contributed by atoms with van der Waals surface area (Å²) in [5.41, 5.74) is 0.276. The molecule has 0 aromatic rings. The summed E-state index contributed by atoms with van der Waals surface area (Å²) in [5.74, 6) is -0.918. The molecule has 0 saturated carbocycles. The molecule has 18 heavy (non-hydrogen) atoms. The fraction of sp³-hybridized carbons (Fsp3) is 0.364. The van der Waals surface area contributed by atoms with Crippen molar-refractivity contribution in [3.05, 3.63) is 24.8 Å². The number of carbonyl (C=O) groups is 2. The highest BCUT2D eigenvalue weighted by Gasteiger charge is 2.07. The number of aliphatic imine (C=N–C) groups is 1. The number of nitrogens with one attached hydrogen (secondary N) is 1. The van der Waals surface area contributed by atoms with E-state index in [0.29, 0.717) is 0 Å². The lowest BCUT2D eigenvalue weighted by atomic mass is 10.4. The summed E-state index contributed by atoms with van der Waals surface area (Å²) >= 11 is 0. The second-order valence-electron chi connectivity index (χ2n) is 2.91. The summed E-state index contributed by atoms with van der Waals surface area (Å²) in [4.78, 5) is 33.6. The molecule has 1 unspecified atom stereocenters. The second kappa shape index (κ2) is 11.3. The van der Waals surface area contributed by atoms with Crippen molar-refractivity contribution in [2.24, 2.45) is 4.99 Å². The number of aliphatic hydroxyl groups excluding tert-OH is 1. The molecule has 0 aliphatic carbocycles. The molecule has 1 atom stereocenters. The zero-order chi connectivity index (χ0) is 14.6. The first-order valence-corrected chi connectivity index (χ1v) is 4.83. The van der Waals surface area contributed by atoms with Gasteiger partial charge in [-0.25, -0.2) is 9.59 Å². The minimum Gasteiger partial charge on any atom is -0.436 e. The van der Waals surface area contributed by atoms with Crippen molar-refractivity contribution >= 4 is 18.0 Å². The number of ether oxygens (including phenoxy) is 1. The Morgan fingerprint density at radius 1 is 1.61 bits per heavy atom. The van der Waals surface area contributed by atoms with Gasteiger partial charge in [0.1, 0.15) is 6.73 Å². The molecule has 0 aromatic heterocycles. The van der Waals surface area contributed by atoms with E-state index in [4.69, 9.17) is 5.11 Å². The fourth-order valence-electron chi connectivity index (χ4n) is 0.506. The molecule has 0 saturated heterocycles. The number of hydrogen-bond donors (Lipinski definition) is 2. The molecule has 0 aliphatic rings. The van der Waals surface area contributed by atoms with Crippen molar-refractivity contribution in [3.8, 4) is 0 Å². The Hall–Kier alpha value is -2.24. The van der Waals surface area contributed by atoms with E-state index in [1.54, 1.807) is 0 Å². The van der Waals surface area contributed by atoms with Crippen LogP contribution in [-0.2, 0) is 19.1 Å². The predicted octanol–water partition coefficient (Wildman–Crippen LogP) is 0.0259. The van der Waals surface area contributed by atoms with Gasteiger partial charge >= 0.3 is 5.97 Å². The number of carbonyl (C=O) groups excluding carboxylic acids is 3. The number of isocyanates is 1. The molecular formula is C11H16N2O5. The number of amides is 1. The highest BCUT2D eigenvalue weighted by Crippen LogP contribution is 1.97. The average Bonchev–Trinajstić information content (AvgIpc) is 2.30. The average molecular weight is 256 g/mol. The van der Waals surface area contributed by atoms with E-state index in [2.05, 4.69) is 28.2 Å². The van der Waals surface area contributed by atoms with Gasteiger partial charge in [0, 0.05) is 5.57 Å². The van der Waals surface area contributed by atoms with Crippen LogP contribution in [0.3, 0.4) is 0 Å². The Kier molecular flexibility index (Phi) is 11.3. The third kappa shape index (κ3) is 11.8. The summed E-state index contributed by atoms with van der Waals surface area (Å²) in [6.07, 6.45) is 1.59. The summed E-state index contributed by atoms with van der Waals surface area (Å²) < 4.78 is 4.58. The fourth-order valence-corrected chi connectivity index (χ4v) is 0.506. The van der Waals surface area contributed by atoms with Crippen molar-refractivity contribution in [3.63, 3.8) is 0 Å². The zero-order valence-corrected chi connectivity index (χ0v) is 10.3. The highest BCUT2D eigenvalue weighted by atomic mass is 16.6. The maximum absolute atomic E-state index is 10.7. The smallest absolute Gasteiger partial charge is 0.335 e. The zero-order valence-electron chi connectivity index (χ0n) is 10.3. The van der Waals surface area contributed by atoms with E-state index in [-0.39, 0.29) is 18.2 Å². The van der Waals surface area contributed by atoms with Gasteiger partial charge in [-0.05, 0) is 19.9 Å². The topological polar surface area (TPSA) is 105 Å². The van der Waals surface area contributed by atoms with Crippen LogP contribution in [0.4, 0.5) is 0 Å². The van der Waals surface area contributed by atoms with Crippen LogP contribution in [0.2, 0.25) is 0 Å². The van der Waals surface area contributed by atoms with Crippen molar-refractivity contribution in [1.29, 1.82) is 0 Å². The number of hydrogen-bond acceptors (Lipinski definition) is 6. The molecule has 0 heterocycles. The predicted molar refractivity (Wildman–Crippen MR) is 63.9 cm³/mol. The molecular weight excluding hydrogens is 240 g/mol. The van der Waals surface area contributed by atoms with Crippen LogP contribution in [0.1, 0.15) is 13.8 Å². The molecule has 0 aliphatic heterocycles. The molecule has 7 heteroatoms. The monoisotopic (exact) mass is 256 g/mol. The van der Waals surface area contributed by atoms with E-state index in [1.807, 2.05) is 0 Å². The van der Waals surface area contributed by atoms with Gasteiger partial charge in [-0.1, -0.05) is 13.2 Å². The third-order valence-electron chi connectivity index (χ3n) is 1.30. The molecule has 0 spiro atoms. The Labute approximate surface area is 105 Å². The standard InChI is InChI=1S/C7H9NO3.C4H7NO2/c1-5(2)7(10)11-6(3)8-4-9;1-2-4(7)5-3-6/h6H,1H2,2-3H3;2,6H,1,3H2,(H,5,7). The minimum atomic E-state index is -0.781. The first-order chi connectivity index (χ1) is 8.38. The second-order valence-corrected chi connectivity index (χ2v) is 2.91. The lowest BCUT2D eigenvalue weighted by molar-refractivity contribution is -0.142. The molecule has 0 radical (unpaired) electrons. The minimum absolute atomic E-state index is 0.276. The Morgan fingerprint density at radius 3 is 2.44 bits per heavy atom. The van der Waals surface area contributed by atoms with Gasteiger partial charge in [-0.2, -0.15) is 4.99 Å². The maximum atomic E-state index is 10.7. The lowest BCUT2D eigenvalue weighted by Crippen LogP contribution is -2.20. The third-order valence-corrected chi connectivity index (χ3v) is 1.30. The van der Waals surface area contributed by atoms with Crippen LogP contribution in [-0.4, -0.2) is 36.0 Å². The molecule has 1 amide bonds. The van der Waals surface area contributed by atoms with Crippen molar-refractivity contribution in [1.82, 2.24) is 5.32 Å². The number of esters is 1. The summed E-state index contributed by atoms with van der Waals surface area (Å²) in [6, 6.07) is 0. The van der Waals surface area contributed by atoms with Crippen LogP contribution in [0.25, 0.3) is 0 Å². The molecule has 0 aromatic carbocycles. The van der Waals surface area contributed by atoms with E-state index in [1.165, 1.54) is 19.9 Å². The quantitative estimate of drug-likeness (QED) is 0.237. The van der Waals surface area contributed by atoms with Gasteiger partial charge < -0.3 is 15.2 Å². The molecule has 7 nitrogen and oxygen atoms in total. The van der Waals surface area contributed by atoms with Gasteiger partial charge in [0.2, 0.25) is 18.2 Å². The van der Waals surface area contributed by atoms with E-state index < -0.39 is 12.2 Å². The molecule has 100 valence electrons. The molecule has 0 rings (SSSR count). The first kappa shape index (κ1) is 18.1.